The average Bonchev–Trinajstić information content (AvgIpc) is 2.48. The third kappa shape index (κ3) is 3.33. The molecule has 2 aromatic carbocycles. The van der Waals surface area contributed by atoms with Crippen molar-refractivity contribution in [2.75, 3.05) is 28.4 Å². The summed E-state index contributed by atoms with van der Waals surface area (Å²) >= 11 is 0. The van der Waals surface area contributed by atoms with Gasteiger partial charge in [-0.2, -0.15) is 0 Å². The first-order valence-corrected chi connectivity index (χ1v) is 6.54. The van der Waals surface area contributed by atoms with Crippen LogP contribution in [0.25, 0.3) is 0 Å². The normalized spacial score (nSPS) is 10.3. The highest BCUT2D eigenvalue weighted by Crippen LogP contribution is 2.20. The quantitative estimate of drug-likeness (QED) is 0.496. The molecule has 5 nitrogen and oxygen atoms in total. The van der Waals surface area contributed by atoms with Gasteiger partial charge in [0.15, 0.2) is 0 Å². The minimum Gasteiger partial charge on any atom is -0.399 e. The summed E-state index contributed by atoms with van der Waals surface area (Å²) < 4.78 is 0. The molecule has 0 aliphatic heterocycles. The second-order valence-corrected chi connectivity index (χ2v) is 4.57. The fraction of sp³-hybridized carbons (Fsp3) is 0.200. The molecule has 0 unspecified atom stereocenters. The maximum Gasteiger partial charge on any atom is 0.0635 e. The summed E-state index contributed by atoms with van der Waals surface area (Å²) in [6.45, 7) is 3.04. The molecule has 0 bridgehead atoms. The van der Waals surface area contributed by atoms with Crippen molar-refractivity contribution in [3.8, 4) is 0 Å². The van der Waals surface area contributed by atoms with Gasteiger partial charge in [0.2, 0.25) is 0 Å². The van der Waals surface area contributed by atoms with Crippen molar-refractivity contribution in [3.63, 3.8) is 0 Å². The van der Waals surface area contributed by atoms with Crippen LogP contribution in [0.1, 0.15) is 12.5 Å². The van der Waals surface area contributed by atoms with Gasteiger partial charge in [0.25, 0.3) is 0 Å². The highest BCUT2D eigenvalue weighted by Gasteiger charge is 2.02. The Morgan fingerprint density at radius 1 is 1.10 bits per heavy atom. The molecule has 0 fully saturated rings. The van der Waals surface area contributed by atoms with Crippen molar-refractivity contribution in [1.29, 1.82) is 0 Å². The van der Waals surface area contributed by atoms with Crippen LogP contribution in [0, 0.1) is 0 Å². The van der Waals surface area contributed by atoms with Crippen LogP contribution in [0.2, 0.25) is 0 Å². The van der Waals surface area contributed by atoms with E-state index in [4.69, 9.17) is 11.5 Å². The van der Waals surface area contributed by atoms with E-state index in [0.29, 0.717) is 18.8 Å². The monoisotopic (exact) mass is 272 g/mol. The molecule has 0 aliphatic rings. The van der Waals surface area contributed by atoms with E-state index in [1.807, 2.05) is 37.3 Å². The van der Waals surface area contributed by atoms with Crippen molar-refractivity contribution in [2.45, 2.75) is 13.5 Å². The highest BCUT2D eigenvalue weighted by atomic mass is 16.5. The number of hydrogen-bond donors (Lipinski definition) is 4. The number of nitrogens with zero attached hydrogens (tertiary/aromatic N) is 1. The minimum atomic E-state index is 0.548. The van der Waals surface area contributed by atoms with Crippen LogP contribution in [0.3, 0.4) is 0 Å². The third-order valence-electron chi connectivity index (χ3n) is 3.11. The van der Waals surface area contributed by atoms with E-state index in [2.05, 4.69) is 5.32 Å². The molecule has 0 saturated carbocycles. The lowest BCUT2D eigenvalue weighted by atomic mass is 10.1. The summed E-state index contributed by atoms with van der Waals surface area (Å²) in [5.41, 5.74) is 15.8. The van der Waals surface area contributed by atoms with Crippen molar-refractivity contribution >= 4 is 22.7 Å². The van der Waals surface area contributed by atoms with E-state index < -0.39 is 0 Å². The minimum absolute atomic E-state index is 0.548. The Morgan fingerprint density at radius 2 is 1.80 bits per heavy atom. The van der Waals surface area contributed by atoms with Gasteiger partial charge in [0, 0.05) is 30.2 Å². The molecule has 0 spiro atoms. The molecule has 2 rings (SSSR count). The molecular formula is C15H20N4O. The van der Waals surface area contributed by atoms with Gasteiger partial charge in [0.05, 0.1) is 5.69 Å². The van der Waals surface area contributed by atoms with E-state index in [0.717, 1.165) is 22.6 Å². The number of anilines is 4. The second-order valence-electron chi connectivity index (χ2n) is 4.57. The number of nitrogens with two attached hydrogens (primary N) is 2. The van der Waals surface area contributed by atoms with E-state index in [1.165, 1.54) is 5.06 Å². The topological polar surface area (TPSA) is 87.5 Å². The standard InChI is InChI=1S/C15H20N4O/c1-2-19(20)14-6-4-13(5-7-14)18-10-11-9-12(16)3-8-15(11)17/h3-9,18,20H,2,10,16-17H2,1H3. The summed E-state index contributed by atoms with van der Waals surface area (Å²) in [5.74, 6) is 0. The first kappa shape index (κ1) is 14.0. The lowest BCUT2D eigenvalue weighted by Crippen LogP contribution is -2.16. The first-order valence-electron chi connectivity index (χ1n) is 6.54. The summed E-state index contributed by atoms with van der Waals surface area (Å²) in [6, 6.07) is 13.0. The Bertz CT molecular complexity index is 569. The molecule has 20 heavy (non-hydrogen) atoms. The van der Waals surface area contributed by atoms with Crippen LogP contribution >= 0.6 is 0 Å². The van der Waals surface area contributed by atoms with Crippen LogP contribution in [0.5, 0.6) is 0 Å². The lowest BCUT2D eigenvalue weighted by molar-refractivity contribution is 0.260. The summed E-state index contributed by atoms with van der Waals surface area (Å²) in [6.07, 6.45) is 0. The molecule has 0 heterocycles. The predicted octanol–water partition coefficient (Wildman–Crippen LogP) is 2.68. The van der Waals surface area contributed by atoms with E-state index >= 15 is 0 Å². The molecule has 0 amide bonds. The van der Waals surface area contributed by atoms with Crippen molar-refractivity contribution in [1.82, 2.24) is 0 Å². The molecule has 0 radical (unpaired) electrons. The molecule has 106 valence electrons. The summed E-state index contributed by atoms with van der Waals surface area (Å²) in [4.78, 5) is 0. The maximum atomic E-state index is 9.58. The van der Waals surface area contributed by atoms with Crippen LogP contribution in [-0.2, 0) is 6.54 Å². The van der Waals surface area contributed by atoms with Crippen molar-refractivity contribution < 1.29 is 5.21 Å². The van der Waals surface area contributed by atoms with E-state index in [-0.39, 0.29) is 0 Å². The third-order valence-corrected chi connectivity index (χ3v) is 3.11. The maximum absolute atomic E-state index is 9.58. The number of rotatable bonds is 5. The van der Waals surface area contributed by atoms with E-state index in [1.54, 1.807) is 12.1 Å². The number of nitrogen functional groups attached to an aromatic ring is 2. The predicted molar refractivity (Wildman–Crippen MR) is 83.8 cm³/mol. The van der Waals surface area contributed by atoms with Gasteiger partial charge in [0.1, 0.15) is 0 Å². The molecule has 0 saturated heterocycles. The summed E-state index contributed by atoms with van der Waals surface area (Å²) in [5, 5.41) is 14.0. The Balaban J connectivity index is 2.02. The average molecular weight is 272 g/mol. The van der Waals surface area contributed by atoms with Gasteiger partial charge in [-0.3, -0.25) is 10.3 Å². The van der Waals surface area contributed by atoms with Gasteiger partial charge in [-0.05, 0) is 55.0 Å². The van der Waals surface area contributed by atoms with Crippen LogP contribution in [-0.4, -0.2) is 11.8 Å². The van der Waals surface area contributed by atoms with Gasteiger partial charge in [-0.15, -0.1) is 0 Å². The van der Waals surface area contributed by atoms with Crippen LogP contribution in [0.15, 0.2) is 42.5 Å². The zero-order valence-corrected chi connectivity index (χ0v) is 11.5. The first-order chi connectivity index (χ1) is 9.60. The van der Waals surface area contributed by atoms with Crippen molar-refractivity contribution in [2.24, 2.45) is 0 Å². The Morgan fingerprint density at radius 3 is 2.45 bits per heavy atom. The van der Waals surface area contributed by atoms with Gasteiger partial charge in [-0.25, -0.2) is 0 Å². The number of benzene rings is 2. The molecule has 6 N–H and O–H groups in total. The molecule has 0 aliphatic carbocycles. The van der Waals surface area contributed by atoms with Gasteiger partial charge < -0.3 is 16.8 Å². The second kappa shape index (κ2) is 6.16. The van der Waals surface area contributed by atoms with Crippen molar-refractivity contribution in [3.05, 3.63) is 48.0 Å². The van der Waals surface area contributed by atoms with Crippen LogP contribution < -0.4 is 21.8 Å². The molecule has 0 aromatic heterocycles. The smallest absolute Gasteiger partial charge is 0.0635 e. The largest absolute Gasteiger partial charge is 0.399 e. The molecule has 0 atom stereocenters. The van der Waals surface area contributed by atoms with Gasteiger partial charge in [-0.1, -0.05) is 0 Å². The Labute approximate surface area is 118 Å². The fourth-order valence-electron chi connectivity index (χ4n) is 1.91. The van der Waals surface area contributed by atoms with Gasteiger partial charge >= 0.3 is 0 Å². The number of hydrogen-bond acceptors (Lipinski definition) is 5. The Kier molecular flexibility index (Phi) is 4.32. The fourth-order valence-corrected chi connectivity index (χ4v) is 1.91. The molecule has 2 aromatic rings. The number of hydroxylamine groups is 1. The SMILES string of the molecule is CCN(O)c1ccc(NCc2cc(N)ccc2N)cc1. The Hall–Kier alpha value is -2.40. The van der Waals surface area contributed by atoms with Crippen LogP contribution in [0.4, 0.5) is 22.7 Å². The molecular weight excluding hydrogens is 252 g/mol. The van der Waals surface area contributed by atoms with E-state index in [9.17, 15) is 5.21 Å². The lowest BCUT2D eigenvalue weighted by Gasteiger charge is -2.15. The summed E-state index contributed by atoms with van der Waals surface area (Å²) in [7, 11) is 0. The zero-order chi connectivity index (χ0) is 14.5. The number of nitrogens with one attached hydrogen (secondary N) is 1. The highest BCUT2D eigenvalue weighted by molar-refractivity contribution is 5.58. The zero-order valence-electron chi connectivity index (χ0n) is 11.5. The molecule has 5 heteroatoms.